The van der Waals surface area contributed by atoms with Crippen molar-refractivity contribution in [1.82, 2.24) is 4.98 Å². The normalized spacial score (nSPS) is 25.5. The summed E-state index contributed by atoms with van der Waals surface area (Å²) in [6.45, 7) is 6.04. The summed E-state index contributed by atoms with van der Waals surface area (Å²) in [6.07, 6.45) is 3.42. The number of aryl methyl sites for hydroxylation is 1. The molecule has 1 aliphatic rings. The highest BCUT2D eigenvalue weighted by molar-refractivity contribution is 5.35. The molecule has 3 heteroatoms. The van der Waals surface area contributed by atoms with Crippen molar-refractivity contribution in [2.24, 2.45) is 5.92 Å². The second kappa shape index (κ2) is 4.62. The molecule has 1 fully saturated rings. The third-order valence-electron chi connectivity index (χ3n) is 2.99. The summed E-state index contributed by atoms with van der Waals surface area (Å²) in [4.78, 5) is 4.31. The van der Waals surface area contributed by atoms with E-state index < -0.39 is 0 Å². The Morgan fingerprint density at radius 2 is 2.40 bits per heavy atom. The van der Waals surface area contributed by atoms with Crippen molar-refractivity contribution >= 4 is 5.82 Å². The molecule has 0 aliphatic carbocycles. The molecule has 2 rings (SSSR count). The highest BCUT2D eigenvalue weighted by Gasteiger charge is 2.23. The smallest absolute Gasteiger partial charge is 0.125 e. The van der Waals surface area contributed by atoms with Gasteiger partial charge in [-0.2, -0.15) is 0 Å². The number of nitrogens with zero attached hydrogens (tertiary/aromatic N) is 1. The van der Waals surface area contributed by atoms with Crippen LogP contribution in [-0.4, -0.2) is 24.2 Å². The van der Waals surface area contributed by atoms with Gasteiger partial charge in [0, 0.05) is 25.3 Å². The van der Waals surface area contributed by atoms with Crippen LogP contribution in [0.5, 0.6) is 0 Å². The molecule has 2 heterocycles. The van der Waals surface area contributed by atoms with Gasteiger partial charge in [-0.25, -0.2) is 4.98 Å². The van der Waals surface area contributed by atoms with Gasteiger partial charge in [0.25, 0.3) is 0 Å². The number of hydrogen-bond donors (Lipinski definition) is 1. The average Bonchev–Trinajstić information content (AvgIpc) is 2.63. The standard InChI is InChI=1S/C12H18N2O/c1-9-3-4-12(13-7-9)14-8-11-5-6-15-10(11)2/h3-4,7,10-11H,5-6,8H2,1-2H3,(H,13,14). The van der Waals surface area contributed by atoms with E-state index in [1.807, 2.05) is 19.2 Å². The van der Waals surface area contributed by atoms with Gasteiger partial charge in [-0.05, 0) is 31.9 Å². The monoisotopic (exact) mass is 206 g/mol. The summed E-state index contributed by atoms with van der Waals surface area (Å²) < 4.78 is 5.51. The summed E-state index contributed by atoms with van der Waals surface area (Å²) in [5, 5.41) is 3.35. The predicted octanol–water partition coefficient (Wildman–Crippen LogP) is 2.23. The molecule has 0 radical (unpaired) electrons. The Hall–Kier alpha value is -1.09. The summed E-state index contributed by atoms with van der Waals surface area (Å²) in [7, 11) is 0. The van der Waals surface area contributed by atoms with E-state index >= 15 is 0 Å². The van der Waals surface area contributed by atoms with Crippen LogP contribution in [-0.2, 0) is 4.74 Å². The van der Waals surface area contributed by atoms with Gasteiger partial charge < -0.3 is 10.1 Å². The molecule has 1 aliphatic heterocycles. The maximum absolute atomic E-state index is 5.51. The van der Waals surface area contributed by atoms with Crippen molar-refractivity contribution < 1.29 is 4.74 Å². The van der Waals surface area contributed by atoms with Crippen molar-refractivity contribution in [2.45, 2.75) is 26.4 Å². The molecular formula is C12H18N2O. The van der Waals surface area contributed by atoms with E-state index in [1.54, 1.807) is 0 Å². The lowest BCUT2D eigenvalue weighted by molar-refractivity contribution is 0.108. The molecule has 0 saturated carbocycles. The van der Waals surface area contributed by atoms with Crippen LogP contribution >= 0.6 is 0 Å². The first-order valence-corrected chi connectivity index (χ1v) is 5.54. The van der Waals surface area contributed by atoms with Crippen LogP contribution in [0.15, 0.2) is 18.3 Å². The minimum Gasteiger partial charge on any atom is -0.378 e. The first-order chi connectivity index (χ1) is 7.25. The van der Waals surface area contributed by atoms with Crippen molar-refractivity contribution in [3.63, 3.8) is 0 Å². The van der Waals surface area contributed by atoms with Crippen LogP contribution < -0.4 is 5.32 Å². The van der Waals surface area contributed by atoms with Crippen LogP contribution in [0, 0.1) is 12.8 Å². The lowest BCUT2D eigenvalue weighted by atomic mass is 10.0. The predicted molar refractivity (Wildman–Crippen MR) is 61.0 cm³/mol. The number of rotatable bonds is 3. The van der Waals surface area contributed by atoms with Gasteiger partial charge in [-0.3, -0.25) is 0 Å². The molecule has 1 saturated heterocycles. The molecule has 82 valence electrons. The molecule has 1 aromatic heterocycles. The van der Waals surface area contributed by atoms with E-state index in [2.05, 4.69) is 23.3 Å². The zero-order valence-corrected chi connectivity index (χ0v) is 9.36. The fraction of sp³-hybridized carbons (Fsp3) is 0.583. The zero-order chi connectivity index (χ0) is 10.7. The number of nitrogens with one attached hydrogen (secondary N) is 1. The van der Waals surface area contributed by atoms with Gasteiger partial charge in [0.15, 0.2) is 0 Å². The maximum atomic E-state index is 5.51. The van der Waals surface area contributed by atoms with Gasteiger partial charge in [-0.1, -0.05) is 6.07 Å². The van der Waals surface area contributed by atoms with Crippen LogP contribution in [0.2, 0.25) is 0 Å². The van der Waals surface area contributed by atoms with Gasteiger partial charge in [0.2, 0.25) is 0 Å². The van der Waals surface area contributed by atoms with E-state index in [9.17, 15) is 0 Å². The van der Waals surface area contributed by atoms with E-state index in [4.69, 9.17) is 4.74 Å². The van der Waals surface area contributed by atoms with Crippen LogP contribution in [0.3, 0.4) is 0 Å². The Balaban J connectivity index is 1.85. The quantitative estimate of drug-likeness (QED) is 0.823. The van der Waals surface area contributed by atoms with Crippen molar-refractivity contribution in [3.05, 3.63) is 23.9 Å². The van der Waals surface area contributed by atoms with Gasteiger partial charge in [-0.15, -0.1) is 0 Å². The van der Waals surface area contributed by atoms with Gasteiger partial charge >= 0.3 is 0 Å². The second-order valence-corrected chi connectivity index (χ2v) is 4.23. The summed E-state index contributed by atoms with van der Waals surface area (Å²) >= 11 is 0. The topological polar surface area (TPSA) is 34.1 Å². The molecule has 0 spiro atoms. The number of aromatic nitrogens is 1. The number of hydrogen-bond acceptors (Lipinski definition) is 3. The molecule has 0 amide bonds. The summed E-state index contributed by atoms with van der Waals surface area (Å²) in [5.41, 5.74) is 1.19. The molecular weight excluding hydrogens is 188 g/mol. The SMILES string of the molecule is Cc1ccc(NCC2CCOC2C)nc1. The lowest BCUT2D eigenvalue weighted by Gasteiger charge is -2.14. The average molecular weight is 206 g/mol. The minimum atomic E-state index is 0.378. The molecule has 2 unspecified atom stereocenters. The fourth-order valence-corrected chi connectivity index (χ4v) is 1.85. The van der Waals surface area contributed by atoms with Crippen LogP contribution in [0.4, 0.5) is 5.82 Å². The number of pyridine rings is 1. The molecule has 0 bridgehead atoms. The Morgan fingerprint density at radius 3 is 3.00 bits per heavy atom. The van der Waals surface area contributed by atoms with E-state index in [-0.39, 0.29) is 0 Å². The summed E-state index contributed by atoms with van der Waals surface area (Å²) in [5.74, 6) is 1.58. The third-order valence-corrected chi connectivity index (χ3v) is 2.99. The van der Waals surface area contributed by atoms with Crippen LogP contribution in [0.25, 0.3) is 0 Å². The summed E-state index contributed by atoms with van der Waals surface area (Å²) in [6, 6.07) is 4.10. The van der Waals surface area contributed by atoms with E-state index in [0.29, 0.717) is 12.0 Å². The third kappa shape index (κ3) is 2.69. The maximum Gasteiger partial charge on any atom is 0.125 e. The van der Waals surface area contributed by atoms with E-state index in [0.717, 1.165) is 25.4 Å². The number of anilines is 1. The molecule has 0 aromatic carbocycles. The van der Waals surface area contributed by atoms with Crippen molar-refractivity contribution in [3.8, 4) is 0 Å². The second-order valence-electron chi connectivity index (χ2n) is 4.23. The zero-order valence-electron chi connectivity index (χ0n) is 9.36. The molecule has 15 heavy (non-hydrogen) atoms. The molecule has 1 aromatic rings. The first-order valence-electron chi connectivity index (χ1n) is 5.54. The van der Waals surface area contributed by atoms with Crippen LogP contribution in [0.1, 0.15) is 18.9 Å². The Labute approximate surface area is 90.9 Å². The first kappa shape index (κ1) is 10.4. The Kier molecular flexibility index (Phi) is 3.21. The minimum absolute atomic E-state index is 0.378. The van der Waals surface area contributed by atoms with E-state index in [1.165, 1.54) is 5.56 Å². The van der Waals surface area contributed by atoms with Gasteiger partial charge in [0.1, 0.15) is 5.82 Å². The van der Waals surface area contributed by atoms with Gasteiger partial charge in [0.05, 0.1) is 6.10 Å². The highest BCUT2D eigenvalue weighted by Crippen LogP contribution is 2.20. The highest BCUT2D eigenvalue weighted by atomic mass is 16.5. The Morgan fingerprint density at radius 1 is 1.53 bits per heavy atom. The van der Waals surface area contributed by atoms with Crippen molar-refractivity contribution in [2.75, 3.05) is 18.5 Å². The molecule has 3 nitrogen and oxygen atoms in total. The fourth-order valence-electron chi connectivity index (χ4n) is 1.85. The molecule has 2 atom stereocenters. The largest absolute Gasteiger partial charge is 0.378 e. The lowest BCUT2D eigenvalue weighted by Crippen LogP contribution is -2.21. The molecule has 1 N–H and O–H groups in total. The van der Waals surface area contributed by atoms with Crippen molar-refractivity contribution in [1.29, 1.82) is 0 Å². The Bertz CT molecular complexity index is 310. The number of ether oxygens (including phenoxy) is 1.